The van der Waals surface area contributed by atoms with Crippen LogP contribution < -0.4 is 0 Å². The fourth-order valence-electron chi connectivity index (χ4n) is 1.65. The molecule has 0 amide bonds. The van der Waals surface area contributed by atoms with E-state index < -0.39 is 0 Å². The van der Waals surface area contributed by atoms with Gasteiger partial charge in [0.2, 0.25) is 0 Å². The molecule has 0 radical (unpaired) electrons. The van der Waals surface area contributed by atoms with E-state index in [-0.39, 0.29) is 0 Å². The highest BCUT2D eigenvalue weighted by molar-refractivity contribution is 7.80. The lowest BCUT2D eigenvalue weighted by Crippen LogP contribution is -2.03. The normalized spacial score (nSPS) is 13.3. The molecule has 124 valence electrons. The highest BCUT2D eigenvalue weighted by Crippen LogP contribution is 2.09. The maximum atomic E-state index is 8.46. The van der Waals surface area contributed by atoms with E-state index in [4.69, 9.17) is 5.21 Å². The van der Waals surface area contributed by atoms with E-state index in [0.29, 0.717) is 5.92 Å². The summed E-state index contributed by atoms with van der Waals surface area (Å²) in [5.74, 6) is 1.51. The number of hydrogen-bond donors (Lipinski definition) is 2. The predicted octanol–water partition coefficient (Wildman–Crippen LogP) is 6.27. The molecule has 0 aromatic rings. The van der Waals surface area contributed by atoms with E-state index in [1.807, 2.05) is 6.92 Å². The Hall–Kier alpha value is -0.700. The average molecular weight is 314 g/mol. The Balaban J connectivity index is 0. The zero-order chi connectivity index (χ0) is 16.7. The lowest BCUT2D eigenvalue weighted by atomic mass is 10.0. The molecule has 0 heterocycles. The summed E-state index contributed by atoms with van der Waals surface area (Å²) in [7, 11) is 0. The molecule has 0 aliphatic carbocycles. The van der Waals surface area contributed by atoms with Crippen LogP contribution in [-0.4, -0.2) is 16.7 Å². The number of allylic oxidation sites excluding steroid dienone is 3. The van der Waals surface area contributed by atoms with Crippen LogP contribution in [0.4, 0.5) is 0 Å². The van der Waals surface area contributed by atoms with Crippen LogP contribution >= 0.6 is 12.6 Å². The first-order valence-electron chi connectivity index (χ1n) is 8.00. The molecule has 0 aliphatic heterocycles. The maximum absolute atomic E-state index is 8.46. The molecule has 3 heteroatoms. The average Bonchev–Trinajstić information content (AvgIpc) is 2.45. The Kier molecular flexibility index (Phi) is 16.9. The quantitative estimate of drug-likeness (QED) is 0.179. The van der Waals surface area contributed by atoms with Gasteiger partial charge in [-0.3, -0.25) is 0 Å². The van der Waals surface area contributed by atoms with Crippen LogP contribution in [0.1, 0.15) is 73.6 Å². The van der Waals surface area contributed by atoms with Crippen molar-refractivity contribution in [3.63, 3.8) is 0 Å². The molecule has 0 aromatic heterocycles. The first-order valence-corrected chi connectivity index (χ1v) is 8.63. The van der Waals surface area contributed by atoms with Gasteiger partial charge in [-0.05, 0) is 52.4 Å². The van der Waals surface area contributed by atoms with Crippen LogP contribution in [0, 0.1) is 5.92 Å². The third-order valence-corrected chi connectivity index (χ3v) is 3.54. The minimum absolute atomic E-state index is 0.644. The van der Waals surface area contributed by atoms with Gasteiger partial charge in [0, 0.05) is 5.75 Å². The number of thiol groups is 1. The fourth-order valence-corrected chi connectivity index (χ4v) is 1.96. The molecule has 0 saturated carbocycles. The molecule has 0 bridgehead atoms. The molecule has 2 nitrogen and oxygen atoms in total. The second-order valence-electron chi connectivity index (χ2n) is 5.79. The Labute approximate surface area is 137 Å². The summed E-state index contributed by atoms with van der Waals surface area (Å²) in [6.45, 7) is 12.8. The van der Waals surface area contributed by atoms with Crippen LogP contribution in [0.2, 0.25) is 0 Å². The zero-order valence-corrected chi connectivity index (χ0v) is 15.7. The van der Waals surface area contributed by atoms with Gasteiger partial charge in [0.15, 0.2) is 0 Å². The summed E-state index contributed by atoms with van der Waals surface area (Å²) in [6.07, 6.45) is 9.73. The molecule has 21 heavy (non-hydrogen) atoms. The molecular formula is C18H35NOS. The Morgan fingerprint density at radius 2 is 1.81 bits per heavy atom. The standard InChI is InChI=1S/C10H18S.C8H17NO/c1-9(2)5-4-6-10(3)7-8-11;1-4-7(3)6-8(5-2)9-10/h5,7,11H,4,6,8H2,1-3H3;7,10H,4-6H2,1-3H3/b10-7+;9-8+. The minimum Gasteiger partial charge on any atom is -0.411 e. The molecule has 1 unspecified atom stereocenters. The van der Waals surface area contributed by atoms with Gasteiger partial charge in [-0.2, -0.15) is 12.6 Å². The van der Waals surface area contributed by atoms with Gasteiger partial charge in [0.1, 0.15) is 0 Å². The predicted molar refractivity (Wildman–Crippen MR) is 99.9 cm³/mol. The van der Waals surface area contributed by atoms with Crippen LogP contribution in [0.15, 0.2) is 28.5 Å². The van der Waals surface area contributed by atoms with Crippen molar-refractivity contribution in [2.45, 2.75) is 73.6 Å². The van der Waals surface area contributed by atoms with Crippen molar-refractivity contribution >= 4 is 18.3 Å². The summed E-state index contributed by atoms with van der Waals surface area (Å²) in [5, 5.41) is 11.7. The van der Waals surface area contributed by atoms with Crippen molar-refractivity contribution < 1.29 is 5.21 Å². The number of rotatable bonds is 8. The van der Waals surface area contributed by atoms with Crippen molar-refractivity contribution in [2.75, 3.05) is 5.75 Å². The summed E-state index contributed by atoms with van der Waals surface area (Å²) in [5.41, 5.74) is 3.76. The van der Waals surface area contributed by atoms with Crippen molar-refractivity contribution in [3.05, 3.63) is 23.3 Å². The monoisotopic (exact) mass is 313 g/mol. The molecule has 0 rings (SSSR count). The second-order valence-corrected chi connectivity index (χ2v) is 6.16. The van der Waals surface area contributed by atoms with Gasteiger partial charge >= 0.3 is 0 Å². The first kappa shape index (κ1) is 22.6. The molecule has 1 N–H and O–H groups in total. The molecule has 1 atom stereocenters. The Bertz CT molecular complexity index is 328. The van der Waals surface area contributed by atoms with Crippen molar-refractivity contribution in [1.29, 1.82) is 0 Å². The van der Waals surface area contributed by atoms with Crippen molar-refractivity contribution in [2.24, 2.45) is 11.1 Å². The highest BCUT2D eigenvalue weighted by Gasteiger charge is 2.02. The van der Waals surface area contributed by atoms with Gasteiger partial charge in [0.05, 0.1) is 5.71 Å². The van der Waals surface area contributed by atoms with Gasteiger partial charge in [-0.25, -0.2) is 0 Å². The maximum Gasteiger partial charge on any atom is 0.0570 e. The topological polar surface area (TPSA) is 32.6 Å². The van der Waals surface area contributed by atoms with Crippen LogP contribution in [0.5, 0.6) is 0 Å². The third kappa shape index (κ3) is 17.2. The molecule has 0 aliphatic rings. The van der Waals surface area contributed by atoms with E-state index in [2.05, 4.69) is 64.6 Å². The molecule has 0 fully saturated rings. The second kappa shape index (κ2) is 15.7. The van der Waals surface area contributed by atoms with Crippen molar-refractivity contribution in [3.8, 4) is 0 Å². The lowest BCUT2D eigenvalue weighted by molar-refractivity contribution is 0.315. The van der Waals surface area contributed by atoms with Crippen LogP contribution in [0.3, 0.4) is 0 Å². The van der Waals surface area contributed by atoms with E-state index in [1.165, 1.54) is 24.0 Å². The summed E-state index contributed by atoms with van der Waals surface area (Å²) < 4.78 is 0. The summed E-state index contributed by atoms with van der Waals surface area (Å²) >= 11 is 4.13. The third-order valence-electron chi connectivity index (χ3n) is 3.36. The van der Waals surface area contributed by atoms with E-state index in [1.54, 1.807) is 0 Å². The fraction of sp³-hybridized carbons (Fsp3) is 0.722. The number of hydrogen-bond acceptors (Lipinski definition) is 3. The molecule has 0 spiro atoms. The summed E-state index contributed by atoms with van der Waals surface area (Å²) in [4.78, 5) is 0. The molecule has 0 saturated heterocycles. The van der Waals surface area contributed by atoms with E-state index in [9.17, 15) is 0 Å². The molecular weight excluding hydrogens is 278 g/mol. The SMILES string of the molecule is CC(C)=CCC/C(C)=C/CS.CC/C(CC(C)CC)=N\O. The van der Waals surface area contributed by atoms with Gasteiger partial charge in [-0.1, -0.05) is 55.6 Å². The largest absolute Gasteiger partial charge is 0.411 e. The van der Waals surface area contributed by atoms with E-state index in [0.717, 1.165) is 30.7 Å². The minimum atomic E-state index is 0.644. The number of oxime groups is 1. The van der Waals surface area contributed by atoms with Gasteiger partial charge < -0.3 is 5.21 Å². The zero-order valence-electron chi connectivity index (χ0n) is 14.8. The first-order chi connectivity index (χ1) is 9.90. The van der Waals surface area contributed by atoms with Crippen molar-refractivity contribution in [1.82, 2.24) is 0 Å². The lowest BCUT2D eigenvalue weighted by Gasteiger charge is -2.06. The van der Waals surface area contributed by atoms with Gasteiger partial charge in [-0.15, -0.1) is 0 Å². The molecule has 0 aromatic carbocycles. The van der Waals surface area contributed by atoms with Gasteiger partial charge in [0.25, 0.3) is 0 Å². The Morgan fingerprint density at radius 3 is 2.19 bits per heavy atom. The highest BCUT2D eigenvalue weighted by atomic mass is 32.1. The Morgan fingerprint density at radius 1 is 1.19 bits per heavy atom. The number of nitrogens with zero attached hydrogens (tertiary/aromatic N) is 1. The summed E-state index contributed by atoms with van der Waals surface area (Å²) in [6, 6.07) is 0. The van der Waals surface area contributed by atoms with Crippen LogP contribution in [0.25, 0.3) is 0 Å². The van der Waals surface area contributed by atoms with Crippen LogP contribution in [-0.2, 0) is 0 Å². The van der Waals surface area contributed by atoms with E-state index >= 15 is 0 Å². The smallest absolute Gasteiger partial charge is 0.0570 e.